The summed E-state index contributed by atoms with van der Waals surface area (Å²) in [6.07, 6.45) is 5.81. The second-order valence-corrected chi connectivity index (χ2v) is 8.39. The van der Waals surface area contributed by atoms with E-state index in [1.54, 1.807) is 24.3 Å². The molecule has 3 aromatic carbocycles. The van der Waals surface area contributed by atoms with Crippen molar-refractivity contribution in [3.05, 3.63) is 94.3 Å². The van der Waals surface area contributed by atoms with Crippen LogP contribution in [0.5, 0.6) is 0 Å². The molecule has 0 saturated carbocycles. The third-order valence-electron chi connectivity index (χ3n) is 6.15. The topological polar surface area (TPSA) is 57.5 Å². The van der Waals surface area contributed by atoms with Gasteiger partial charge in [0.05, 0.1) is 11.7 Å². The lowest BCUT2D eigenvalue weighted by Gasteiger charge is -2.21. The SMILES string of the molecule is O=C(O)c1ccc(-c2ccc(F)cc2)cc1CCCCc1ccc2c(c1)CCC(O)C2. The number of aliphatic hydroxyl groups is 1. The van der Waals surface area contributed by atoms with E-state index in [2.05, 4.69) is 18.2 Å². The molecule has 160 valence electrons. The first-order valence-electron chi connectivity index (χ1n) is 10.9. The summed E-state index contributed by atoms with van der Waals surface area (Å²) < 4.78 is 13.2. The van der Waals surface area contributed by atoms with Crippen molar-refractivity contribution in [2.75, 3.05) is 0 Å². The van der Waals surface area contributed by atoms with Gasteiger partial charge in [0, 0.05) is 0 Å². The van der Waals surface area contributed by atoms with Crippen LogP contribution in [0.4, 0.5) is 4.39 Å². The molecule has 3 nitrogen and oxygen atoms in total. The molecule has 4 heteroatoms. The Morgan fingerprint density at radius 3 is 2.42 bits per heavy atom. The quantitative estimate of drug-likeness (QED) is 0.491. The summed E-state index contributed by atoms with van der Waals surface area (Å²) in [7, 11) is 0. The standard InChI is InChI=1S/C27H27FO3/c28-24-11-7-19(8-12-24)21-10-14-26(27(30)31)23(16-21)4-2-1-3-18-5-6-22-17-25(29)13-9-20(22)15-18/h5-8,10-12,14-16,25,29H,1-4,9,13,17H2,(H,30,31). The molecule has 2 N–H and O–H groups in total. The number of fused-ring (bicyclic) bond motifs is 1. The largest absolute Gasteiger partial charge is 0.478 e. The Morgan fingerprint density at radius 1 is 0.903 bits per heavy atom. The van der Waals surface area contributed by atoms with Crippen LogP contribution in [0.2, 0.25) is 0 Å². The number of carboxylic acids is 1. The number of aliphatic hydroxyl groups excluding tert-OH is 1. The first-order chi connectivity index (χ1) is 15.0. The van der Waals surface area contributed by atoms with Crippen LogP contribution < -0.4 is 0 Å². The normalized spacial score (nSPS) is 15.5. The molecule has 1 aliphatic carbocycles. The van der Waals surface area contributed by atoms with Gasteiger partial charge in [-0.05, 0) is 96.5 Å². The maximum atomic E-state index is 13.2. The molecule has 1 aliphatic rings. The Morgan fingerprint density at radius 2 is 1.65 bits per heavy atom. The Kier molecular flexibility index (Phi) is 6.47. The number of rotatable bonds is 7. The average molecular weight is 419 g/mol. The van der Waals surface area contributed by atoms with E-state index in [9.17, 15) is 19.4 Å². The Hall–Kier alpha value is -2.98. The van der Waals surface area contributed by atoms with Crippen molar-refractivity contribution in [3.8, 4) is 11.1 Å². The van der Waals surface area contributed by atoms with E-state index in [1.807, 2.05) is 6.07 Å². The van der Waals surface area contributed by atoms with Crippen molar-refractivity contribution < 1.29 is 19.4 Å². The number of aromatic carboxylic acids is 1. The maximum Gasteiger partial charge on any atom is 0.335 e. The van der Waals surface area contributed by atoms with E-state index in [1.165, 1.54) is 28.8 Å². The van der Waals surface area contributed by atoms with Gasteiger partial charge < -0.3 is 10.2 Å². The fraction of sp³-hybridized carbons (Fsp3) is 0.296. The summed E-state index contributed by atoms with van der Waals surface area (Å²) in [5, 5.41) is 19.4. The van der Waals surface area contributed by atoms with Crippen molar-refractivity contribution >= 4 is 5.97 Å². The van der Waals surface area contributed by atoms with E-state index in [0.29, 0.717) is 12.0 Å². The van der Waals surface area contributed by atoms with Crippen molar-refractivity contribution in [1.29, 1.82) is 0 Å². The highest BCUT2D eigenvalue weighted by Gasteiger charge is 2.16. The summed E-state index contributed by atoms with van der Waals surface area (Å²) in [6, 6.07) is 18.2. The molecular weight excluding hydrogens is 391 g/mol. The van der Waals surface area contributed by atoms with E-state index in [0.717, 1.165) is 55.2 Å². The summed E-state index contributed by atoms with van der Waals surface area (Å²) in [5.74, 6) is -1.21. The first kappa shape index (κ1) is 21.3. The maximum absolute atomic E-state index is 13.2. The molecule has 0 aromatic heterocycles. The lowest BCUT2D eigenvalue weighted by atomic mass is 9.88. The second-order valence-electron chi connectivity index (χ2n) is 8.39. The van der Waals surface area contributed by atoms with Crippen LogP contribution in [0.15, 0.2) is 60.7 Å². The van der Waals surface area contributed by atoms with Gasteiger partial charge in [0.1, 0.15) is 5.82 Å². The van der Waals surface area contributed by atoms with Gasteiger partial charge in [-0.1, -0.05) is 42.5 Å². The first-order valence-corrected chi connectivity index (χ1v) is 10.9. The molecule has 0 aliphatic heterocycles. The number of hydrogen-bond acceptors (Lipinski definition) is 2. The minimum Gasteiger partial charge on any atom is -0.478 e. The number of carbonyl (C=O) groups is 1. The second kappa shape index (κ2) is 9.44. The van der Waals surface area contributed by atoms with Crippen LogP contribution in [0.25, 0.3) is 11.1 Å². The molecule has 1 unspecified atom stereocenters. The average Bonchev–Trinajstić information content (AvgIpc) is 2.77. The smallest absolute Gasteiger partial charge is 0.335 e. The van der Waals surface area contributed by atoms with Crippen LogP contribution >= 0.6 is 0 Å². The molecule has 31 heavy (non-hydrogen) atoms. The highest BCUT2D eigenvalue weighted by atomic mass is 19.1. The van der Waals surface area contributed by atoms with Gasteiger partial charge in [0.15, 0.2) is 0 Å². The molecule has 0 spiro atoms. The van der Waals surface area contributed by atoms with Crippen LogP contribution in [-0.4, -0.2) is 22.3 Å². The molecule has 0 amide bonds. The number of unbranched alkanes of at least 4 members (excludes halogenated alkanes) is 1. The molecule has 0 radical (unpaired) electrons. The molecule has 0 saturated heterocycles. The zero-order valence-corrected chi connectivity index (χ0v) is 17.5. The number of hydrogen-bond donors (Lipinski definition) is 2. The number of carboxylic acid groups (broad SMARTS) is 1. The van der Waals surface area contributed by atoms with Crippen LogP contribution in [-0.2, 0) is 25.7 Å². The van der Waals surface area contributed by atoms with Crippen LogP contribution in [0.1, 0.15) is 51.9 Å². The van der Waals surface area contributed by atoms with Gasteiger partial charge >= 0.3 is 5.97 Å². The molecule has 0 fully saturated rings. The molecular formula is C27H27FO3. The highest BCUT2D eigenvalue weighted by molar-refractivity contribution is 5.90. The zero-order chi connectivity index (χ0) is 21.8. The minimum atomic E-state index is -0.919. The van der Waals surface area contributed by atoms with Crippen molar-refractivity contribution in [2.24, 2.45) is 0 Å². The number of halogens is 1. The van der Waals surface area contributed by atoms with Crippen molar-refractivity contribution in [2.45, 2.75) is 51.0 Å². The number of benzene rings is 3. The molecule has 1 atom stereocenters. The van der Waals surface area contributed by atoms with E-state index in [-0.39, 0.29) is 11.9 Å². The van der Waals surface area contributed by atoms with E-state index < -0.39 is 5.97 Å². The summed E-state index contributed by atoms with van der Waals surface area (Å²) >= 11 is 0. The summed E-state index contributed by atoms with van der Waals surface area (Å²) in [6.45, 7) is 0. The fourth-order valence-electron chi connectivity index (χ4n) is 4.42. The van der Waals surface area contributed by atoms with Gasteiger partial charge in [-0.3, -0.25) is 0 Å². The van der Waals surface area contributed by atoms with Crippen molar-refractivity contribution in [1.82, 2.24) is 0 Å². The van der Waals surface area contributed by atoms with Gasteiger partial charge in [-0.2, -0.15) is 0 Å². The van der Waals surface area contributed by atoms with Gasteiger partial charge in [0.2, 0.25) is 0 Å². The van der Waals surface area contributed by atoms with E-state index >= 15 is 0 Å². The molecule has 4 rings (SSSR count). The predicted molar refractivity (Wildman–Crippen MR) is 120 cm³/mol. The lowest BCUT2D eigenvalue weighted by Crippen LogP contribution is -2.18. The van der Waals surface area contributed by atoms with Gasteiger partial charge in [-0.25, -0.2) is 9.18 Å². The van der Waals surface area contributed by atoms with Crippen LogP contribution in [0, 0.1) is 5.82 Å². The lowest BCUT2D eigenvalue weighted by molar-refractivity contribution is 0.0695. The number of aryl methyl sites for hydroxylation is 3. The van der Waals surface area contributed by atoms with Crippen LogP contribution in [0.3, 0.4) is 0 Å². The fourth-order valence-corrected chi connectivity index (χ4v) is 4.42. The predicted octanol–water partition coefficient (Wildman–Crippen LogP) is 5.61. The third-order valence-corrected chi connectivity index (χ3v) is 6.15. The van der Waals surface area contributed by atoms with E-state index in [4.69, 9.17) is 0 Å². The highest BCUT2D eigenvalue weighted by Crippen LogP contribution is 2.26. The Balaban J connectivity index is 1.41. The molecule has 3 aromatic rings. The third kappa shape index (κ3) is 5.20. The van der Waals surface area contributed by atoms with Gasteiger partial charge in [-0.15, -0.1) is 0 Å². The Labute approximate surface area is 182 Å². The summed E-state index contributed by atoms with van der Waals surface area (Å²) in [5.41, 5.74) is 6.82. The van der Waals surface area contributed by atoms with Crippen molar-refractivity contribution in [3.63, 3.8) is 0 Å². The Bertz CT molecular complexity index is 1070. The monoisotopic (exact) mass is 418 g/mol. The minimum absolute atomic E-state index is 0.215. The van der Waals surface area contributed by atoms with Gasteiger partial charge in [0.25, 0.3) is 0 Å². The summed E-state index contributed by atoms with van der Waals surface area (Å²) in [4.78, 5) is 11.7. The molecule has 0 bridgehead atoms. The zero-order valence-electron chi connectivity index (χ0n) is 17.5. The molecule has 0 heterocycles.